The molecule has 0 fully saturated rings. The van der Waals surface area contributed by atoms with Crippen molar-refractivity contribution in [1.82, 2.24) is 0 Å². The van der Waals surface area contributed by atoms with Crippen molar-refractivity contribution in [2.24, 2.45) is 0 Å². The van der Waals surface area contributed by atoms with E-state index in [0.717, 1.165) is 0 Å². The van der Waals surface area contributed by atoms with Crippen molar-refractivity contribution < 1.29 is 15.0 Å². The van der Waals surface area contributed by atoms with Crippen LogP contribution in [0.4, 0.5) is 0 Å². The average Bonchev–Trinajstić information content (AvgIpc) is 2.01. The highest BCUT2D eigenvalue weighted by Gasteiger charge is 2.14. The van der Waals surface area contributed by atoms with E-state index in [1.165, 1.54) is 12.1 Å². The highest BCUT2D eigenvalue weighted by atomic mass is 35.5. The number of benzene rings is 1. The predicted octanol–water partition coefficient (Wildman–Crippen LogP) is 2.18. The van der Waals surface area contributed by atoms with Gasteiger partial charge in [0, 0.05) is 5.02 Å². The maximum Gasteiger partial charge on any atom is 0.337 e. The van der Waals surface area contributed by atoms with Gasteiger partial charge in [-0.2, -0.15) is 0 Å². The van der Waals surface area contributed by atoms with Crippen LogP contribution in [0.2, 0.25) is 10.0 Å². The number of rotatable bonds is 2. The summed E-state index contributed by atoms with van der Waals surface area (Å²) in [5.74, 6) is -1.18. The minimum Gasteiger partial charge on any atom is -0.478 e. The molecular formula is C8H6Cl2O3. The summed E-state index contributed by atoms with van der Waals surface area (Å²) >= 11 is 11.2. The van der Waals surface area contributed by atoms with Gasteiger partial charge in [-0.3, -0.25) is 0 Å². The molecule has 0 amide bonds. The van der Waals surface area contributed by atoms with Crippen LogP contribution in [0.1, 0.15) is 15.9 Å². The van der Waals surface area contributed by atoms with Crippen LogP contribution in [-0.4, -0.2) is 16.2 Å². The number of halogens is 2. The van der Waals surface area contributed by atoms with Gasteiger partial charge in [0.15, 0.2) is 0 Å². The van der Waals surface area contributed by atoms with Crippen molar-refractivity contribution in [2.45, 2.75) is 6.61 Å². The lowest BCUT2D eigenvalue weighted by Gasteiger charge is -2.05. The molecular weight excluding hydrogens is 215 g/mol. The van der Waals surface area contributed by atoms with Gasteiger partial charge in [-0.05, 0) is 17.7 Å². The SMILES string of the molecule is O=C(O)c1c(Cl)cc(Cl)cc1CO. The molecule has 0 radical (unpaired) electrons. The van der Waals surface area contributed by atoms with Crippen molar-refractivity contribution >= 4 is 29.2 Å². The molecule has 0 aromatic heterocycles. The normalized spacial score (nSPS) is 10.1. The number of carbonyl (C=O) groups is 1. The van der Waals surface area contributed by atoms with E-state index in [0.29, 0.717) is 5.02 Å². The number of carboxylic acid groups (broad SMARTS) is 1. The third kappa shape index (κ3) is 2.12. The van der Waals surface area contributed by atoms with Gasteiger partial charge in [0.2, 0.25) is 0 Å². The maximum atomic E-state index is 10.7. The molecule has 5 heteroatoms. The third-order valence-corrected chi connectivity index (χ3v) is 2.04. The Labute approximate surface area is 84.5 Å². The molecule has 70 valence electrons. The molecule has 0 saturated heterocycles. The van der Waals surface area contributed by atoms with Gasteiger partial charge >= 0.3 is 5.97 Å². The van der Waals surface area contributed by atoms with Crippen molar-refractivity contribution in [3.05, 3.63) is 33.3 Å². The van der Waals surface area contributed by atoms with E-state index < -0.39 is 12.6 Å². The number of hydrogen-bond acceptors (Lipinski definition) is 2. The first kappa shape index (κ1) is 10.3. The Morgan fingerprint density at radius 2 is 2.00 bits per heavy atom. The van der Waals surface area contributed by atoms with E-state index in [1.54, 1.807) is 0 Å². The molecule has 1 aromatic carbocycles. The number of aliphatic hydroxyl groups is 1. The van der Waals surface area contributed by atoms with Gasteiger partial charge in [0.1, 0.15) is 0 Å². The van der Waals surface area contributed by atoms with Crippen LogP contribution in [-0.2, 0) is 6.61 Å². The second-order valence-corrected chi connectivity index (χ2v) is 3.23. The Hall–Kier alpha value is -0.770. The Bertz CT molecular complexity index is 349. The highest BCUT2D eigenvalue weighted by molar-refractivity contribution is 6.36. The summed E-state index contributed by atoms with van der Waals surface area (Å²) < 4.78 is 0. The van der Waals surface area contributed by atoms with Crippen LogP contribution in [0.3, 0.4) is 0 Å². The topological polar surface area (TPSA) is 57.5 Å². The van der Waals surface area contributed by atoms with Crippen LogP contribution in [0.25, 0.3) is 0 Å². The fourth-order valence-corrected chi connectivity index (χ4v) is 1.61. The van der Waals surface area contributed by atoms with Gasteiger partial charge in [-0.15, -0.1) is 0 Å². The van der Waals surface area contributed by atoms with Gasteiger partial charge in [-0.1, -0.05) is 23.2 Å². The number of aromatic carboxylic acids is 1. The Morgan fingerprint density at radius 3 is 2.46 bits per heavy atom. The van der Waals surface area contributed by atoms with Crippen LogP contribution < -0.4 is 0 Å². The Morgan fingerprint density at radius 1 is 1.38 bits per heavy atom. The smallest absolute Gasteiger partial charge is 0.337 e. The largest absolute Gasteiger partial charge is 0.478 e. The number of aliphatic hydroxyl groups excluding tert-OH is 1. The summed E-state index contributed by atoms with van der Waals surface area (Å²) in [6.45, 7) is -0.401. The first-order valence-corrected chi connectivity index (χ1v) is 4.14. The molecule has 0 bridgehead atoms. The zero-order valence-electron chi connectivity index (χ0n) is 6.42. The Balaban J connectivity index is 3.38. The van der Waals surface area contributed by atoms with Crippen molar-refractivity contribution in [1.29, 1.82) is 0 Å². The summed E-state index contributed by atoms with van der Waals surface area (Å²) in [6.07, 6.45) is 0. The lowest BCUT2D eigenvalue weighted by Crippen LogP contribution is -2.03. The molecule has 3 nitrogen and oxygen atoms in total. The van der Waals surface area contributed by atoms with Crippen LogP contribution in [0, 0.1) is 0 Å². The molecule has 0 saturated carbocycles. The van der Waals surface area contributed by atoms with Gasteiger partial charge in [0.25, 0.3) is 0 Å². The molecule has 1 rings (SSSR count). The van der Waals surface area contributed by atoms with Crippen molar-refractivity contribution in [2.75, 3.05) is 0 Å². The number of hydrogen-bond donors (Lipinski definition) is 2. The minimum atomic E-state index is -1.18. The molecule has 0 unspecified atom stereocenters. The van der Waals surface area contributed by atoms with Crippen LogP contribution in [0.5, 0.6) is 0 Å². The predicted molar refractivity (Wildman–Crippen MR) is 49.3 cm³/mol. The van der Waals surface area contributed by atoms with E-state index >= 15 is 0 Å². The highest BCUT2D eigenvalue weighted by Crippen LogP contribution is 2.25. The van der Waals surface area contributed by atoms with E-state index in [1.807, 2.05) is 0 Å². The summed E-state index contributed by atoms with van der Waals surface area (Å²) in [7, 11) is 0. The van der Waals surface area contributed by atoms with E-state index in [2.05, 4.69) is 0 Å². The molecule has 0 aliphatic carbocycles. The monoisotopic (exact) mass is 220 g/mol. The zero-order valence-corrected chi connectivity index (χ0v) is 7.93. The van der Waals surface area contributed by atoms with Crippen molar-refractivity contribution in [3.8, 4) is 0 Å². The molecule has 0 aliphatic rings. The summed E-state index contributed by atoms with van der Waals surface area (Å²) in [4.78, 5) is 10.7. The lowest BCUT2D eigenvalue weighted by atomic mass is 10.1. The molecule has 0 spiro atoms. The van der Waals surface area contributed by atoms with E-state index in [9.17, 15) is 4.79 Å². The standard InChI is InChI=1S/C8H6Cl2O3/c9-5-1-4(3-11)7(8(12)13)6(10)2-5/h1-2,11H,3H2,(H,12,13). The molecule has 2 N–H and O–H groups in total. The molecule has 13 heavy (non-hydrogen) atoms. The van der Waals surface area contributed by atoms with Crippen LogP contribution in [0.15, 0.2) is 12.1 Å². The average molecular weight is 221 g/mol. The zero-order chi connectivity index (χ0) is 10.0. The third-order valence-electron chi connectivity index (χ3n) is 1.52. The minimum absolute atomic E-state index is 0.0315. The molecule has 0 atom stereocenters. The quantitative estimate of drug-likeness (QED) is 0.804. The van der Waals surface area contributed by atoms with Crippen LogP contribution >= 0.6 is 23.2 Å². The summed E-state index contributed by atoms with van der Waals surface area (Å²) in [6, 6.07) is 2.70. The van der Waals surface area contributed by atoms with Gasteiger partial charge < -0.3 is 10.2 Å². The number of carboxylic acids is 1. The van der Waals surface area contributed by atoms with E-state index in [-0.39, 0.29) is 16.1 Å². The lowest BCUT2D eigenvalue weighted by molar-refractivity contribution is 0.0693. The molecule has 0 aliphatic heterocycles. The van der Waals surface area contributed by atoms with Crippen molar-refractivity contribution in [3.63, 3.8) is 0 Å². The fourth-order valence-electron chi connectivity index (χ4n) is 0.991. The second-order valence-electron chi connectivity index (χ2n) is 2.39. The second kappa shape index (κ2) is 3.96. The first-order valence-electron chi connectivity index (χ1n) is 3.38. The van der Waals surface area contributed by atoms with Gasteiger partial charge in [-0.25, -0.2) is 4.79 Å². The molecule has 1 aromatic rings. The Kier molecular flexibility index (Phi) is 3.14. The summed E-state index contributed by atoms with van der Waals surface area (Å²) in [5, 5.41) is 17.9. The van der Waals surface area contributed by atoms with E-state index in [4.69, 9.17) is 33.4 Å². The maximum absolute atomic E-state index is 10.7. The summed E-state index contributed by atoms with van der Waals surface area (Å²) in [5.41, 5.74) is 0.110. The fraction of sp³-hybridized carbons (Fsp3) is 0.125. The van der Waals surface area contributed by atoms with Gasteiger partial charge in [0.05, 0.1) is 17.2 Å². The first-order chi connectivity index (χ1) is 6.06. The molecule has 0 heterocycles.